The molecule has 2 aliphatic rings. The molecular formula is C88H63F3N2O4S. The fourth-order valence-corrected chi connectivity index (χ4v) is 17.5. The summed E-state index contributed by atoms with van der Waals surface area (Å²) >= 11 is 1.72. The molecule has 0 amide bonds. The minimum atomic E-state index is -4.49. The van der Waals surface area contributed by atoms with Crippen LogP contribution in [0, 0.1) is 20.8 Å². The highest BCUT2D eigenvalue weighted by molar-refractivity contribution is 7.21. The maximum atomic E-state index is 14.3. The molecule has 0 radical (unpaired) electrons. The van der Waals surface area contributed by atoms with E-state index in [9.17, 15) is 13.2 Å². The molecule has 476 valence electrons. The first-order chi connectivity index (χ1) is 47.7. The van der Waals surface area contributed by atoms with Gasteiger partial charge < -0.3 is 18.9 Å². The van der Waals surface area contributed by atoms with Crippen molar-refractivity contribution in [3.8, 4) is 88.4 Å². The minimum absolute atomic E-state index is 0.525. The number of fused-ring (bicyclic) bond motifs is 13. The number of alkyl halides is 3. The molecule has 0 fully saturated rings. The van der Waals surface area contributed by atoms with Crippen LogP contribution in [-0.4, -0.2) is 38.4 Å². The van der Waals surface area contributed by atoms with E-state index < -0.39 is 22.6 Å². The van der Waals surface area contributed by atoms with E-state index in [1.165, 1.54) is 17.7 Å². The summed E-state index contributed by atoms with van der Waals surface area (Å²) in [5.74, 6) is 3.05. The molecule has 10 heteroatoms. The lowest BCUT2D eigenvalue weighted by atomic mass is 9.67. The van der Waals surface area contributed by atoms with Crippen LogP contribution in [-0.2, 0) is 17.0 Å². The number of nitrogens with zero attached hydrogens (tertiary/aromatic N) is 2. The van der Waals surface area contributed by atoms with Gasteiger partial charge in [-0.25, -0.2) is 9.97 Å². The Morgan fingerprint density at radius 1 is 0.327 bits per heavy atom. The van der Waals surface area contributed by atoms with Gasteiger partial charge in [-0.1, -0.05) is 188 Å². The first-order valence-electron chi connectivity index (χ1n) is 32.7. The van der Waals surface area contributed by atoms with Gasteiger partial charge in [0.25, 0.3) is 0 Å². The van der Waals surface area contributed by atoms with Gasteiger partial charge in [-0.05, 0) is 204 Å². The number of rotatable bonds is 12. The van der Waals surface area contributed by atoms with Crippen LogP contribution in [0.3, 0.4) is 0 Å². The second-order valence-electron chi connectivity index (χ2n) is 25.7. The molecule has 98 heavy (non-hydrogen) atoms. The molecule has 17 rings (SSSR count). The Morgan fingerprint density at radius 3 is 1.07 bits per heavy atom. The van der Waals surface area contributed by atoms with E-state index >= 15 is 0 Å². The largest absolute Gasteiger partial charge is 0.497 e. The Morgan fingerprint density at radius 2 is 0.694 bits per heavy atom. The summed E-state index contributed by atoms with van der Waals surface area (Å²) in [4.78, 5) is 14.1. The lowest BCUT2D eigenvalue weighted by Crippen LogP contribution is -2.28. The molecule has 0 saturated heterocycles. The average Bonchev–Trinajstić information content (AvgIpc) is 1.51. The third-order valence-electron chi connectivity index (χ3n) is 20.6. The van der Waals surface area contributed by atoms with Crippen molar-refractivity contribution >= 4 is 54.9 Å². The molecule has 2 aromatic heterocycles. The quantitative estimate of drug-likeness (QED) is 0.114. The third kappa shape index (κ3) is 9.00. The second kappa shape index (κ2) is 22.9. The van der Waals surface area contributed by atoms with Gasteiger partial charge in [0.2, 0.25) is 0 Å². The molecule has 0 bridgehead atoms. The summed E-state index contributed by atoms with van der Waals surface area (Å²) in [6.07, 6.45) is -4.49. The van der Waals surface area contributed by atoms with Gasteiger partial charge in [0.15, 0.2) is 0 Å². The first-order valence-corrected chi connectivity index (χ1v) is 33.5. The molecule has 6 nitrogen and oxygen atoms in total. The zero-order valence-corrected chi connectivity index (χ0v) is 55.6. The van der Waals surface area contributed by atoms with Crippen LogP contribution in [0.1, 0.15) is 66.8 Å². The molecule has 13 aromatic carbocycles. The van der Waals surface area contributed by atoms with Gasteiger partial charge in [0.1, 0.15) is 34.0 Å². The smallest absolute Gasteiger partial charge is 0.416 e. The molecule has 0 N–H and O–H groups in total. The Bertz CT molecular complexity index is 5670. The van der Waals surface area contributed by atoms with E-state index in [0.29, 0.717) is 16.6 Å². The van der Waals surface area contributed by atoms with Gasteiger partial charge in [0.05, 0.1) is 65.6 Å². The molecule has 15 aromatic rings. The molecule has 0 unspecified atom stereocenters. The van der Waals surface area contributed by atoms with Crippen molar-refractivity contribution in [2.24, 2.45) is 0 Å². The highest BCUT2D eigenvalue weighted by Crippen LogP contribution is 2.63. The number of methoxy groups -OCH3 is 4. The Kier molecular flexibility index (Phi) is 14.1. The summed E-state index contributed by atoms with van der Waals surface area (Å²) in [5.41, 5.74) is 22.4. The average molecular weight is 1300 g/mol. The molecule has 2 heterocycles. The number of thiophene rings is 1. The summed E-state index contributed by atoms with van der Waals surface area (Å²) < 4.78 is 66.0. The molecule has 0 saturated carbocycles. The maximum Gasteiger partial charge on any atom is 0.416 e. The number of ether oxygens (including phenoxy) is 4. The van der Waals surface area contributed by atoms with Gasteiger partial charge in [-0.3, -0.25) is 0 Å². The highest BCUT2D eigenvalue weighted by atomic mass is 32.1. The Balaban J connectivity index is 1.00. The normalized spacial score (nSPS) is 13.4. The van der Waals surface area contributed by atoms with Crippen LogP contribution in [0.2, 0.25) is 0 Å². The van der Waals surface area contributed by atoms with Crippen molar-refractivity contribution in [3.63, 3.8) is 0 Å². The molecule has 2 aliphatic carbocycles. The third-order valence-corrected chi connectivity index (χ3v) is 21.9. The summed E-state index contributed by atoms with van der Waals surface area (Å²) in [7, 11) is 6.79. The molecule has 0 atom stereocenters. The van der Waals surface area contributed by atoms with Crippen LogP contribution >= 0.6 is 11.3 Å². The number of aromatic nitrogens is 2. The minimum Gasteiger partial charge on any atom is -0.497 e. The summed E-state index contributed by atoms with van der Waals surface area (Å²) in [6.45, 7) is 6.00. The lowest BCUT2D eigenvalue weighted by molar-refractivity contribution is -0.137. The van der Waals surface area contributed by atoms with Crippen molar-refractivity contribution in [3.05, 3.63) is 322 Å². The molecular weight excluding hydrogens is 1240 g/mol. The number of aryl methyl sites for hydroxylation is 3. The van der Waals surface area contributed by atoms with Crippen molar-refractivity contribution in [2.45, 2.75) is 37.8 Å². The molecule has 0 aliphatic heterocycles. The van der Waals surface area contributed by atoms with Crippen LogP contribution < -0.4 is 18.9 Å². The van der Waals surface area contributed by atoms with Gasteiger partial charge >= 0.3 is 6.18 Å². The predicted octanol–water partition coefficient (Wildman–Crippen LogP) is 22.5. The number of hydrogen-bond acceptors (Lipinski definition) is 7. The van der Waals surface area contributed by atoms with Crippen molar-refractivity contribution in [1.82, 2.24) is 9.97 Å². The predicted molar refractivity (Wildman–Crippen MR) is 392 cm³/mol. The highest BCUT2D eigenvalue weighted by Gasteiger charge is 2.49. The maximum absolute atomic E-state index is 14.3. The number of halogens is 3. The van der Waals surface area contributed by atoms with Gasteiger partial charge in [-0.15, -0.1) is 11.3 Å². The van der Waals surface area contributed by atoms with Crippen molar-refractivity contribution in [2.75, 3.05) is 28.4 Å². The fraction of sp³-hybridized carbons (Fsp3) is 0.114. The van der Waals surface area contributed by atoms with E-state index in [-0.39, 0.29) is 0 Å². The summed E-state index contributed by atoms with van der Waals surface area (Å²) in [6, 6.07) is 88.4. The second-order valence-corrected chi connectivity index (χ2v) is 26.7. The van der Waals surface area contributed by atoms with Crippen LogP contribution in [0.15, 0.2) is 255 Å². The van der Waals surface area contributed by atoms with Crippen LogP contribution in [0.25, 0.3) is 109 Å². The first kappa shape index (κ1) is 60.3. The van der Waals surface area contributed by atoms with Crippen molar-refractivity contribution in [1.29, 1.82) is 0 Å². The van der Waals surface area contributed by atoms with E-state index in [0.717, 1.165) is 171 Å². The van der Waals surface area contributed by atoms with Crippen molar-refractivity contribution < 1.29 is 32.1 Å². The Labute approximate surface area is 569 Å². The number of hydrogen-bond donors (Lipinski definition) is 0. The van der Waals surface area contributed by atoms with Gasteiger partial charge in [0, 0.05) is 21.9 Å². The molecule has 0 spiro atoms. The van der Waals surface area contributed by atoms with E-state index in [2.05, 4.69) is 220 Å². The van der Waals surface area contributed by atoms with Crippen LogP contribution in [0.4, 0.5) is 13.2 Å². The van der Waals surface area contributed by atoms with E-state index in [1.807, 2.05) is 30.3 Å². The summed E-state index contributed by atoms with van der Waals surface area (Å²) in [5, 5.41) is 3.62. The standard InChI is InChI=1S/C88H63F3N2O4S/c1-50-22-42-64(51(2)46-50)53-23-43-66-72(48-53)73-49-54(65-45-33-59(47-52(65)3)88(89,90)91)24-44-67(73)81-80(66)92-82-83(93-81)85(71-17-13-21-77-79(71)69-15-9-11-19-75(69)87(77,57-29-38-62(96-6)39-30-57)58-31-40-63(97-7)41-32-58)98-84(82)70-16-12-20-76-78(70)68-14-8-10-18-74(68)86(76,55-25-34-60(94-4)35-26-55)56-27-36-61(95-5)37-28-56/h8-49H,1-7H3. The van der Waals surface area contributed by atoms with Crippen LogP contribution in [0.5, 0.6) is 23.0 Å². The zero-order valence-electron chi connectivity index (χ0n) is 54.8. The number of benzene rings is 13. The topological polar surface area (TPSA) is 62.7 Å². The fourth-order valence-electron chi connectivity index (χ4n) is 16.3. The SMILES string of the molecule is COc1ccc(C2(c3ccc(OC)cc3)c3ccccc3-c3c(-c4sc(-c5cccc6c5-c5ccccc5C6(c5ccc(OC)cc5)c5ccc(OC)cc5)c5nc6c7ccc(-c8ccc(C(F)(F)F)cc8C)cc7c7cc(-c8ccc(C)cc8C)ccc7c6nc45)cccc32)cc1. The zero-order chi connectivity index (χ0) is 66.9. The monoisotopic (exact) mass is 1300 g/mol. The lowest BCUT2D eigenvalue weighted by Gasteiger charge is -2.34. The van der Waals surface area contributed by atoms with Gasteiger partial charge in [-0.2, -0.15) is 13.2 Å². The Hall–Kier alpha value is -11.3. The van der Waals surface area contributed by atoms with E-state index in [1.54, 1.807) is 52.8 Å². The van der Waals surface area contributed by atoms with E-state index in [4.69, 9.17) is 28.9 Å².